The molecule has 0 radical (unpaired) electrons. The first-order valence-corrected chi connectivity index (χ1v) is 9.37. The zero-order chi connectivity index (χ0) is 21.4. The summed E-state index contributed by atoms with van der Waals surface area (Å²) in [7, 11) is 0. The summed E-state index contributed by atoms with van der Waals surface area (Å²) in [6, 6.07) is 4.76. The maximum Gasteiger partial charge on any atom is 0.416 e. The molecule has 4 rings (SSSR count). The van der Waals surface area contributed by atoms with Gasteiger partial charge < -0.3 is 20.1 Å². The molecule has 2 aliphatic rings. The lowest BCUT2D eigenvalue weighted by Gasteiger charge is -2.40. The van der Waals surface area contributed by atoms with Crippen LogP contribution in [-0.2, 0) is 17.5 Å². The number of benzene rings is 1. The number of hydrogen-bond acceptors (Lipinski definition) is 6. The normalized spacial score (nSPS) is 17.2. The third-order valence-electron chi connectivity index (χ3n) is 5.16. The van der Waals surface area contributed by atoms with Crippen LogP contribution >= 0.6 is 0 Å². The van der Waals surface area contributed by atoms with Crippen LogP contribution in [0.1, 0.15) is 17.5 Å². The third-order valence-corrected chi connectivity index (χ3v) is 5.16. The molecule has 0 saturated carbocycles. The van der Waals surface area contributed by atoms with Crippen LogP contribution < -0.4 is 10.2 Å². The Bertz CT molecular complexity index is 937. The van der Waals surface area contributed by atoms with Crippen LogP contribution in [0.15, 0.2) is 42.4 Å². The van der Waals surface area contributed by atoms with E-state index in [0.717, 1.165) is 17.8 Å². The predicted octanol–water partition coefficient (Wildman–Crippen LogP) is 3.35. The Labute approximate surface area is 170 Å². The number of halogens is 4. The molecule has 1 aromatic heterocycles. The summed E-state index contributed by atoms with van der Waals surface area (Å²) in [6.07, 6.45) is -0.650. The molecule has 1 aliphatic heterocycles. The molecule has 0 amide bonds. The Kier molecular flexibility index (Phi) is 5.37. The van der Waals surface area contributed by atoms with Gasteiger partial charge in [-0.2, -0.15) is 17.6 Å². The van der Waals surface area contributed by atoms with Crippen molar-refractivity contribution in [2.75, 3.05) is 36.6 Å². The summed E-state index contributed by atoms with van der Waals surface area (Å²) in [5.74, 6) is -0.622. The van der Waals surface area contributed by atoms with E-state index in [4.69, 9.17) is 4.74 Å². The van der Waals surface area contributed by atoms with Crippen LogP contribution in [0.5, 0.6) is 0 Å². The van der Waals surface area contributed by atoms with E-state index >= 15 is 4.39 Å². The highest BCUT2D eigenvalue weighted by atomic mass is 19.4. The Hall–Kier alpha value is -2.72. The largest absolute Gasteiger partial charge is 0.416 e. The molecule has 1 fully saturated rings. The van der Waals surface area contributed by atoms with E-state index < -0.39 is 23.0 Å². The van der Waals surface area contributed by atoms with Crippen molar-refractivity contribution in [2.24, 2.45) is 5.41 Å². The van der Waals surface area contributed by atoms with Gasteiger partial charge in [0.15, 0.2) is 11.6 Å². The Balaban J connectivity index is 1.52. The molecular weight excluding hydrogens is 404 g/mol. The fourth-order valence-electron chi connectivity index (χ4n) is 3.14. The van der Waals surface area contributed by atoms with Crippen LogP contribution in [-0.4, -0.2) is 41.4 Å². The van der Waals surface area contributed by atoms with Gasteiger partial charge in [-0.25, -0.2) is 9.97 Å². The van der Waals surface area contributed by atoms with Gasteiger partial charge in [-0.05, 0) is 17.7 Å². The van der Waals surface area contributed by atoms with Crippen LogP contribution in [0.2, 0.25) is 0 Å². The summed E-state index contributed by atoms with van der Waals surface area (Å²) in [5, 5.41) is 12.4. The van der Waals surface area contributed by atoms with Crippen molar-refractivity contribution in [1.82, 2.24) is 9.97 Å². The molecular formula is C20H20F4N4O2. The average Bonchev–Trinajstić information content (AvgIpc) is 3.52. The lowest BCUT2D eigenvalue weighted by atomic mass is 9.87. The molecule has 2 aromatic rings. The summed E-state index contributed by atoms with van der Waals surface area (Å²) in [6.45, 7) is 1.13. The molecule has 2 heterocycles. The number of nitrogens with zero attached hydrogens (tertiary/aromatic N) is 3. The SMILES string of the molecule is OCC1(CNc2ncnc(N(Cc3ccc(C(F)(F)F)cc3)C3=CC3)c2F)COC1. The van der Waals surface area contributed by atoms with E-state index in [1.807, 2.05) is 6.08 Å². The molecule has 6 nitrogen and oxygen atoms in total. The number of ether oxygens (including phenoxy) is 1. The lowest BCUT2D eigenvalue weighted by Crippen LogP contribution is -2.50. The van der Waals surface area contributed by atoms with Crippen LogP contribution in [0.25, 0.3) is 0 Å². The van der Waals surface area contributed by atoms with Crippen LogP contribution in [0.4, 0.5) is 29.2 Å². The fourth-order valence-corrected chi connectivity index (χ4v) is 3.14. The summed E-state index contributed by atoms with van der Waals surface area (Å²) < 4.78 is 58.6. The molecule has 0 unspecified atom stereocenters. The molecule has 1 saturated heterocycles. The number of hydrogen-bond donors (Lipinski definition) is 2. The number of anilines is 2. The van der Waals surface area contributed by atoms with E-state index in [0.29, 0.717) is 31.7 Å². The number of allylic oxidation sites excluding steroid dienone is 2. The van der Waals surface area contributed by atoms with E-state index in [-0.39, 0.29) is 24.8 Å². The number of rotatable bonds is 8. The number of alkyl halides is 3. The van der Waals surface area contributed by atoms with E-state index in [1.54, 1.807) is 4.90 Å². The lowest BCUT2D eigenvalue weighted by molar-refractivity contribution is -0.137. The predicted molar refractivity (Wildman–Crippen MR) is 101 cm³/mol. The number of aromatic nitrogens is 2. The van der Waals surface area contributed by atoms with Crippen molar-refractivity contribution in [3.63, 3.8) is 0 Å². The van der Waals surface area contributed by atoms with E-state index in [2.05, 4.69) is 15.3 Å². The highest BCUT2D eigenvalue weighted by molar-refractivity contribution is 5.57. The zero-order valence-electron chi connectivity index (χ0n) is 15.9. The van der Waals surface area contributed by atoms with Gasteiger partial charge in [0.05, 0.1) is 30.8 Å². The molecule has 30 heavy (non-hydrogen) atoms. The van der Waals surface area contributed by atoms with Gasteiger partial charge in [0, 0.05) is 25.2 Å². The molecule has 1 aromatic carbocycles. The minimum atomic E-state index is -4.41. The Morgan fingerprint density at radius 3 is 2.40 bits per heavy atom. The van der Waals surface area contributed by atoms with E-state index in [9.17, 15) is 18.3 Å². The molecule has 0 atom stereocenters. The van der Waals surface area contributed by atoms with Gasteiger partial charge in [0.2, 0.25) is 5.82 Å². The van der Waals surface area contributed by atoms with Gasteiger partial charge in [0.1, 0.15) is 6.33 Å². The van der Waals surface area contributed by atoms with Crippen molar-refractivity contribution in [1.29, 1.82) is 0 Å². The number of aliphatic hydroxyl groups excluding tert-OH is 1. The first kappa shape index (κ1) is 20.5. The van der Waals surface area contributed by atoms with Gasteiger partial charge in [-0.3, -0.25) is 0 Å². The summed E-state index contributed by atoms with van der Waals surface area (Å²) in [5.41, 5.74) is 0.226. The maximum atomic E-state index is 15.1. The van der Waals surface area contributed by atoms with Gasteiger partial charge in [-0.1, -0.05) is 18.2 Å². The molecule has 0 spiro atoms. The van der Waals surface area contributed by atoms with Crippen molar-refractivity contribution >= 4 is 11.6 Å². The van der Waals surface area contributed by atoms with E-state index in [1.165, 1.54) is 18.5 Å². The van der Waals surface area contributed by atoms with Crippen molar-refractivity contribution in [3.05, 3.63) is 59.3 Å². The second kappa shape index (κ2) is 7.84. The highest BCUT2D eigenvalue weighted by Crippen LogP contribution is 2.35. The fraction of sp³-hybridized carbons (Fsp3) is 0.400. The quantitative estimate of drug-likeness (QED) is 0.634. The first-order valence-electron chi connectivity index (χ1n) is 9.37. The second-order valence-electron chi connectivity index (χ2n) is 7.54. The maximum absolute atomic E-state index is 15.1. The van der Waals surface area contributed by atoms with Gasteiger partial charge in [-0.15, -0.1) is 0 Å². The topological polar surface area (TPSA) is 70.5 Å². The van der Waals surface area contributed by atoms with Crippen molar-refractivity contribution < 1.29 is 27.4 Å². The summed E-state index contributed by atoms with van der Waals surface area (Å²) >= 11 is 0. The van der Waals surface area contributed by atoms with Gasteiger partial charge in [0.25, 0.3) is 0 Å². The monoisotopic (exact) mass is 424 g/mol. The third kappa shape index (κ3) is 4.24. The van der Waals surface area contributed by atoms with Crippen molar-refractivity contribution in [2.45, 2.75) is 19.1 Å². The number of nitrogens with one attached hydrogen (secondary N) is 1. The van der Waals surface area contributed by atoms with Crippen molar-refractivity contribution in [3.8, 4) is 0 Å². The molecule has 0 bridgehead atoms. The average molecular weight is 424 g/mol. The Morgan fingerprint density at radius 2 is 1.87 bits per heavy atom. The standard InChI is InChI=1S/C20H20F4N4O2/c21-16-17(25-8-19(9-29)10-30-11-19)26-12-27-18(16)28(15-5-6-15)7-13-1-3-14(4-2-13)20(22,23)24/h1-5,12,29H,6-11H2,(H,25,26,27). The molecule has 160 valence electrons. The number of aliphatic hydroxyl groups is 1. The van der Waals surface area contributed by atoms with Gasteiger partial charge >= 0.3 is 6.18 Å². The molecule has 2 N–H and O–H groups in total. The minimum absolute atomic E-state index is 0.00149. The zero-order valence-corrected chi connectivity index (χ0v) is 15.9. The summed E-state index contributed by atoms with van der Waals surface area (Å²) in [4.78, 5) is 9.63. The smallest absolute Gasteiger partial charge is 0.396 e. The minimum Gasteiger partial charge on any atom is -0.396 e. The first-order chi connectivity index (χ1) is 14.3. The molecule has 1 aliphatic carbocycles. The van der Waals surface area contributed by atoms with Crippen LogP contribution in [0, 0.1) is 11.2 Å². The second-order valence-corrected chi connectivity index (χ2v) is 7.54. The molecule has 10 heteroatoms. The van der Waals surface area contributed by atoms with Crippen LogP contribution in [0.3, 0.4) is 0 Å². The Morgan fingerprint density at radius 1 is 1.17 bits per heavy atom. The highest BCUT2D eigenvalue weighted by Gasteiger charge is 2.38.